The van der Waals surface area contributed by atoms with E-state index in [0.29, 0.717) is 65.8 Å². The van der Waals surface area contributed by atoms with Crippen molar-refractivity contribution in [1.82, 2.24) is 44.9 Å². The summed E-state index contributed by atoms with van der Waals surface area (Å²) >= 11 is 6.47. The van der Waals surface area contributed by atoms with Gasteiger partial charge < -0.3 is 24.3 Å². The van der Waals surface area contributed by atoms with E-state index in [1.165, 1.54) is 25.7 Å². The van der Waals surface area contributed by atoms with Crippen molar-refractivity contribution in [1.29, 1.82) is 0 Å². The number of ether oxygens (including phenoxy) is 4. The highest BCUT2D eigenvalue weighted by Gasteiger charge is 2.42. The van der Waals surface area contributed by atoms with E-state index in [4.69, 9.17) is 35.6 Å². The topological polar surface area (TPSA) is 139 Å². The van der Waals surface area contributed by atoms with Crippen LogP contribution in [0.1, 0.15) is 51.5 Å². The Kier molecular flexibility index (Phi) is 9.13. The van der Waals surface area contributed by atoms with Gasteiger partial charge in [0.25, 0.3) is 5.88 Å². The number of fused-ring (bicyclic) bond motifs is 2. The molecule has 0 unspecified atom stereocenters. The maximum Gasteiger partial charge on any atom is 0.256 e. The first-order valence-electron chi connectivity index (χ1n) is 17.0. The van der Waals surface area contributed by atoms with Crippen LogP contribution in [0.15, 0.2) is 43.1 Å². The molecule has 0 radical (unpaired) electrons. The molecule has 2 bridgehead atoms. The molecular weight excluding hydrogens is 636 g/mol. The monoisotopic (exact) mass is 676 g/mol. The van der Waals surface area contributed by atoms with Gasteiger partial charge in [0.1, 0.15) is 23.9 Å². The Morgan fingerprint density at radius 1 is 0.938 bits per heavy atom. The van der Waals surface area contributed by atoms with Crippen LogP contribution >= 0.6 is 11.6 Å². The fourth-order valence-electron chi connectivity index (χ4n) is 7.43. The zero-order valence-corrected chi connectivity index (χ0v) is 27.8. The number of tetrazole rings is 1. The largest absolute Gasteiger partial charge is 0.487 e. The fraction of sp³-hybridized carbons (Fsp3) is 0.576. The number of nitrogens with zero attached hydrogens (tertiary/aromatic N) is 9. The van der Waals surface area contributed by atoms with E-state index in [-0.39, 0.29) is 6.10 Å². The molecule has 1 saturated carbocycles. The smallest absolute Gasteiger partial charge is 0.256 e. The SMILES string of the molecule is C[C@@H](Cn1cnnn1)Oc1cc(-c2cnc(Nc3cn(C4CCC(N5[C@@H]6CC[C@H]5COC6)CC4)nc3OCC3COC3)nc2)ccc1Cl. The molecule has 8 rings (SSSR count). The highest BCUT2D eigenvalue weighted by atomic mass is 35.5. The first-order valence-corrected chi connectivity index (χ1v) is 17.3. The van der Waals surface area contributed by atoms with E-state index in [2.05, 4.69) is 40.4 Å². The molecule has 0 amide bonds. The standard InChI is InChI=1S/C33H41ClN10O4/c1-21(13-42-20-37-40-41-42)48-31-10-23(2-9-29(31)34)24-11-35-33(36-12-24)38-30-14-43(39-32(30)47-17-22-15-45-16-22)25-3-5-26(6-4-25)44-27-7-8-28(44)19-46-18-27/h2,9-12,14,20-22,25-28H,3-8,13,15-19H2,1H3,(H,35,36,38)/t21-,25?,26?,27-,28+/m0/s1. The van der Waals surface area contributed by atoms with Gasteiger partial charge in [-0.3, -0.25) is 9.58 Å². The molecule has 1 aliphatic carbocycles. The van der Waals surface area contributed by atoms with Gasteiger partial charge in [0, 0.05) is 42.0 Å². The summed E-state index contributed by atoms with van der Waals surface area (Å²) in [5.74, 6) is 1.98. The second-order valence-corrected chi connectivity index (χ2v) is 13.8. The first-order chi connectivity index (χ1) is 23.6. The van der Waals surface area contributed by atoms with Crippen LogP contribution in [0.5, 0.6) is 11.6 Å². The molecule has 48 heavy (non-hydrogen) atoms. The van der Waals surface area contributed by atoms with Crippen molar-refractivity contribution in [2.45, 2.75) is 82.3 Å². The minimum atomic E-state index is -0.201. The molecule has 3 aromatic heterocycles. The van der Waals surface area contributed by atoms with Gasteiger partial charge in [0.2, 0.25) is 5.95 Å². The highest BCUT2D eigenvalue weighted by Crippen LogP contribution is 2.40. The number of rotatable bonds is 12. The molecule has 4 aromatic rings. The van der Waals surface area contributed by atoms with Gasteiger partial charge in [0.15, 0.2) is 0 Å². The summed E-state index contributed by atoms with van der Waals surface area (Å²) in [6.45, 7) is 6.21. The van der Waals surface area contributed by atoms with Crippen molar-refractivity contribution < 1.29 is 18.9 Å². The van der Waals surface area contributed by atoms with Gasteiger partial charge in [-0.05, 0) is 73.6 Å². The first kappa shape index (κ1) is 31.4. The molecule has 6 heterocycles. The van der Waals surface area contributed by atoms with Crippen LogP contribution in [0.3, 0.4) is 0 Å². The van der Waals surface area contributed by atoms with Gasteiger partial charge in [-0.25, -0.2) is 14.6 Å². The number of hydrogen-bond acceptors (Lipinski definition) is 12. The Morgan fingerprint density at radius 2 is 1.67 bits per heavy atom. The summed E-state index contributed by atoms with van der Waals surface area (Å²) in [7, 11) is 0. The Labute approximate surface area is 284 Å². The average Bonchev–Trinajstić information content (AvgIpc) is 3.80. The van der Waals surface area contributed by atoms with Crippen LogP contribution in [-0.2, 0) is 16.0 Å². The number of anilines is 2. The van der Waals surface area contributed by atoms with Crippen molar-refractivity contribution in [3.63, 3.8) is 0 Å². The van der Waals surface area contributed by atoms with Crippen molar-refractivity contribution >= 4 is 23.2 Å². The van der Waals surface area contributed by atoms with Crippen LogP contribution in [0.2, 0.25) is 5.02 Å². The van der Waals surface area contributed by atoms with Crippen LogP contribution in [-0.4, -0.2) is 102 Å². The fourth-order valence-corrected chi connectivity index (χ4v) is 7.59. The molecule has 14 nitrogen and oxygen atoms in total. The maximum atomic E-state index is 6.47. The number of halogens is 1. The third-order valence-electron chi connectivity index (χ3n) is 9.95. The minimum absolute atomic E-state index is 0.201. The summed E-state index contributed by atoms with van der Waals surface area (Å²) < 4.78 is 27.2. The van der Waals surface area contributed by atoms with E-state index < -0.39 is 0 Å². The summed E-state index contributed by atoms with van der Waals surface area (Å²) in [5, 5.41) is 20.1. The Balaban J connectivity index is 0.938. The number of aromatic nitrogens is 8. The lowest BCUT2D eigenvalue weighted by Gasteiger charge is -2.43. The number of benzene rings is 1. The third kappa shape index (κ3) is 6.84. The molecule has 0 spiro atoms. The molecule has 254 valence electrons. The third-order valence-corrected chi connectivity index (χ3v) is 10.3. The summed E-state index contributed by atoms with van der Waals surface area (Å²) in [6, 6.07) is 7.78. The van der Waals surface area contributed by atoms with Gasteiger partial charge in [-0.15, -0.1) is 10.2 Å². The van der Waals surface area contributed by atoms with E-state index in [9.17, 15) is 0 Å². The normalized spacial score (nSPS) is 25.0. The van der Waals surface area contributed by atoms with Crippen LogP contribution in [0, 0.1) is 5.92 Å². The number of nitrogens with one attached hydrogen (secondary N) is 1. The number of morpholine rings is 1. The van der Waals surface area contributed by atoms with Crippen LogP contribution in [0.4, 0.5) is 11.6 Å². The van der Waals surface area contributed by atoms with Gasteiger partial charge in [-0.2, -0.15) is 0 Å². The Hall–Kier alpha value is -3.85. The highest BCUT2D eigenvalue weighted by molar-refractivity contribution is 6.32. The van der Waals surface area contributed by atoms with Crippen molar-refractivity contribution in [2.75, 3.05) is 38.4 Å². The van der Waals surface area contributed by atoms with Crippen molar-refractivity contribution in [3.05, 3.63) is 48.1 Å². The molecule has 3 saturated heterocycles. The lowest BCUT2D eigenvalue weighted by molar-refractivity contribution is -0.0515. The predicted octanol–water partition coefficient (Wildman–Crippen LogP) is 4.56. The van der Waals surface area contributed by atoms with Gasteiger partial charge >= 0.3 is 0 Å². The quantitative estimate of drug-likeness (QED) is 0.225. The molecular formula is C33H41ClN10O4. The van der Waals surface area contributed by atoms with Crippen molar-refractivity contribution in [2.24, 2.45) is 5.92 Å². The second kappa shape index (κ2) is 13.9. The number of hydrogen-bond donors (Lipinski definition) is 1. The molecule has 15 heteroatoms. The predicted molar refractivity (Wildman–Crippen MR) is 176 cm³/mol. The second-order valence-electron chi connectivity index (χ2n) is 13.4. The summed E-state index contributed by atoms with van der Waals surface area (Å²) in [6.07, 6.45) is 14.0. The van der Waals surface area contributed by atoms with E-state index >= 15 is 0 Å². The van der Waals surface area contributed by atoms with Crippen molar-refractivity contribution in [3.8, 4) is 22.8 Å². The van der Waals surface area contributed by atoms with E-state index in [1.807, 2.05) is 31.3 Å². The minimum Gasteiger partial charge on any atom is -0.487 e. The van der Waals surface area contributed by atoms with Gasteiger partial charge in [0.05, 0.1) is 56.8 Å². The lowest BCUT2D eigenvalue weighted by Crippen LogP contribution is -2.52. The molecule has 4 fully saturated rings. The Morgan fingerprint density at radius 3 is 2.38 bits per heavy atom. The Bertz CT molecular complexity index is 1640. The van der Waals surface area contributed by atoms with Crippen LogP contribution < -0.4 is 14.8 Å². The zero-order valence-electron chi connectivity index (χ0n) is 27.0. The molecule has 3 aliphatic heterocycles. The maximum absolute atomic E-state index is 6.47. The van der Waals surface area contributed by atoms with E-state index in [1.54, 1.807) is 23.4 Å². The average molecular weight is 677 g/mol. The zero-order chi connectivity index (χ0) is 32.5. The summed E-state index contributed by atoms with van der Waals surface area (Å²) in [5.41, 5.74) is 2.48. The summed E-state index contributed by atoms with van der Waals surface area (Å²) in [4.78, 5) is 12.0. The van der Waals surface area contributed by atoms with E-state index in [0.717, 1.165) is 56.1 Å². The molecule has 1 aromatic carbocycles. The molecule has 4 aliphatic rings. The molecule has 1 N–H and O–H groups in total. The van der Waals surface area contributed by atoms with Crippen LogP contribution in [0.25, 0.3) is 11.1 Å². The van der Waals surface area contributed by atoms with Gasteiger partial charge in [-0.1, -0.05) is 17.7 Å². The molecule has 3 atom stereocenters. The lowest BCUT2D eigenvalue weighted by atomic mass is 9.89.